The van der Waals surface area contributed by atoms with Crippen molar-refractivity contribution in [3.8, 4) is 5.75 Å². The second-order valence-electron chi connectivity index (χ2n) is 5.03. The first-order chi connectivity index (χ1) is 11.1. The number of ether oxygens (including phenoxy) is 1. The lowest BCUT2D eigenvalue weighted by atomic mass is 10.1. The first-order valence-corrected chi connectivity index (χ1v) is 7.48. The fourth-order valence-electron chi connectivity index (χ4n) is 2.03. The number of aromatic carboxylic acids is 1. The van der Waals surface area contributed by atoms with Gasteiger partial charge in [0.25, 0.3) is 5.91 Å². The van der Waals surface area contributed by atoms with Gasteiger partial charge in [0.2, 0.25) is 0 Å². The zero-order valence-corrected chi connectivity index (χ0v) is 12.9. The zero-order valence-electron chi connectivity index (χ0n) is 12.9. The first kappa shape index (κ1) is 16.5. The minimum Gasteiger partial charge on any atom is -0.494 e. The fourth-order valence-corrected chi connectivity index (χ4v) is 2.03. The molecule has 0 aliphatic carbocycles. The van der Waals surface area contributed by atoms with Crippen LogP contribution in [0.2, 0.25) is 0 Å². The molecule has 1 amide bonds. The van der Waals surface area contributed by atoms with E-state index in [1.807, 2.05) is 0 Å². The number of hydrogen-bond acceptors (Lipinski definition) is 3. The van der Waals surface area contributed by atoms with Gasteiger partial charge in [0.05, 0.1) is 17.9 Å². The average molecular weight is 313 g/mol. The highest BCUT2D eigenvalue weighted by atomic mass is 16.5. The minimum atomic E-state index is -1.09. The number of carbonyl (C=O) groups is 2. The monoisotopic (exact) mass is 313 g/mol. The Hall–Kier alpha value is -2.82. The van der Waals surface area contributed by atoms with Crippen molar-refractivity contribution in [2.75, 3.05) is 11.9 Å². The second kappa shape index (κ2) is 7.98. The maximum Gasteiger partial charge on any atom is 0.337 e. The van der Waals surface area contributed by atoms with E-state index in [1.54, 1.807) is 42.5 Å². The van der Waals surface area contributed by atoms with Crippen LogP contribution < -0.4 is 10.1 Å². The quantitative estimate of drug-likeness (QED) is 0.762. The molecule has 0 aliphatic heterocycles. The van der Waals surface area contributed by atoms with E-state index in [2.05, 4.69) is 12.2 Å². The molecule has 5 nitrogen and oxygen atoms in total. The summed E-state index contributed by atoms with van der Waals surface area (Å²) in [6.45, 7) is 2.68. The van der Waals surface area contributed by atoms with Crippen LogP contribution in [0.5, 0.6) is 5.75 Å². The third-order valence-electron chi connectivity index (χ3n) is 3.27. The number of carbonyl (C=O) groups excluding carboxylic acids is 1. The number of carboxylic acid groups (broad SMARTS) is 1. The van der Waals surface area contributed by atoms with Crippen LogP contribution in [0.25, 0.3) is 0 Å². The second-order valence-corrected chi connectivity index (χ2v) is 5.03. The molecule has 0 unspecified atom stereocenters. The average Bonchev–Trinajstić information content (AvgIpc) is 2.55. The van der Waals surface area contributed by atoms with Crippen molar-refractivity contribution in [2.24, 2.45) is 0 Å². The van der Waals surface area contributed by atoms with Gasteiger partial charge in [0.1, 0.15) is 5.75 Å². The van der Waals surface area contributed by atoms with E-state index >= 15 is 0 Å². The Morgan fingerprint density at radius 2 is 1.91 bits per heavy atom. The van der Waals surface area contributed by atoms with Gasteiger partial charge in [0.15, 0.2) is 0 Å². The van der Waals surface area contributed by atoms with Crippen LogP contribution in [0.1, 0.15) is 40.5 Å². The molecule has 0 spiro atoms. The van der Waals surface area contributed by atoms with E-state index in [-0.39, 0.29) is 17.2 Å². The maximum absolute atomic E-state index is 12.3. The van der Waals surface area contributed by atoms with Crippen molar-refractivity contribution in [1.29, 1.82) is 0 Å². The molecule has 0 bridgehead atoms. The number of hydrogen-bond donors (Lipinski definition) is 2. The number of para-hydroxylation sites is 1. The Morgan fingerprint density at radius 1 is 1.13 bits per heavy atom. The summed E-state index contributed by atoms with van der Waals surface area (Å²) in [5.41, 5.74) is 0.734. The number of carboxylic acids is 1. The molecule has 5 heteroatoms. The van der Waals surface area contributed by atoms with E-state index < -0.39 is 5.97 Å². The highest BCUT2D eigenvalue weighted by molar-refractivity contribution is 6.07. The highest BCUT2D eigenvalue weighted by Gasteiger charge is 2.13. The zero-order chi connectivity index (χ0) is 16.7. The van der Waals surface area contributed by atoms with Gasteiger partial charge in [-0.25, -0.2) is 4.79 Å². The number of nitrogens with one attached hydrogen (secondary N) is 1. The molecule has 120 valence electrons. The van der Waals surface area contributed by atoms with Gasteiger partial charge in [-0.1, -0.05) is 31.5 Å². The normalized spacial score (nSPS) is 10.1. The fraction of sp³-hybridized carbons (Fsp3) is 0.222. The van der Waals surface area contributed by atoms with Crippen LogP contribution in [0.15, 0.2) is 48.5 Å². The molecule has 0 aromatic heterocycles. The lowest BCUT2D eigenvalue weighted by molar-refractivity contribution is 0.0698. The molecule has 0 atom stereocenters. The summed E-state index contributed by atoms with van der Waals surface area (Å²) in [4.78, 5) is 23.5. The largest absolute Gasteiger partial charge is 0.494 e. The Kier molecular flexibility index (Phi) is 5.74. The number of amides is 1. The van der Waals surface area contributed by atoms with Crippen molar-refractivity contribution in [2.45, 2.75) is 19.8 Å². The van der Waals surface area contributed by atoms with E-state index in [4.69, 9.17) is 9.84 Å². The smallest absolute Gasteiger partial charge is 0.337 e. The molecule has 0 saturated carbocycles. The maximum atomic E-state index is 12.3. The summed E-state index contributed by atoms with van der Waals surface area (Å²) in [7, 11) is 0. The SMILES string of the molecule is CCCCOc1cccc(C(=O)Nc2ccccc2C(=O)O)c1. The highest BCUT2D eigenvalue weighted by Crippen LogP contribution is 2.18. The summed E-state index contributed by atoms with van der Waals surface area (Å²) in [5.74, 6) is -0.838. The summed E-state index contributed by atoms with van der Waals surface area (Å²) in [6.07, 6.45) is 1.98. The Bertz CT molecular complexity index is 697. The number of rotatable bonds is 7. The van der Waals surface area contributed by atoms with Gasteiger partial charge >= 0.3 is 5.97 Å². The van der Waals surface area contributed by atoms with Crippen LogP contribution in [0.3, 0.4) is 0 Å². The molecular formula is C18H19NO4. The summed E-state index contributed by atoms with van der Waals surface area (Å²) in [5, 5.41) is 11.8. The molecule has 2 aromatic carbocycles. The Labute approximate surface area is 134 Å². The predicted molar refractivity (Wildman–Crippen MR) is 88.2 cm³/mol. The van der Waals surface area contributed by atoms with Gasteiger partial charge in [0, 0.05) is 5.56 Å². The van der Waals surface area contributed by atoms with Crippen LogP contribution in [0.4, 0.5) is 5.69 Å². The standard InChI is InChI=1S/C18H19NO4/c1-2-3-11-23-14-8-6-7-13(12-14)17(20)19-16-10-5-4-9-15(16)18(21)22/h4-10,12H,2-3,11H2,1H3,(H,19,20)(H,21,22). The van der Waals surface area contributed by atoms with Crippen molar-refractivity contribution in [3.63, 3.8) is 0 Å². The van der Waals surface area contributed by atoms with E-state index in [0.717, 1.165) is 12.8 Å². The third-order valence-corrected chi connectivity index (χ3v) is 3.27. The van der Waals surface area contributed by atoms with Crippen molar-refractivity contribution < 1.29 is 19.4 Å². The molecule has 0 heterocycles. The molecule has 2 aromatic rings. The first-order valence-electron chi connectivity index (χ1n) is 7.48. The van der Waals surface area contributed by atoms with Crippen LogP contribution in [-0.2, 0) is 0 Å². The third kappa shape index (κ3) is 4.57. The summed E-state index contributed by atoms with van der Waals surface area (Å²) in [6, 6.07) is 13.1. The predicted octanol–water partition coefficient (Wildman–Crippen LogP) is 3.82. The van der Waals surface area contributed by atoms with Gasteiger partial charge in [-0.3, -0.25) is 4.79 Å². The van der Waals surface area contributed by atoms with Crippen LogP contribution >= 0.6 is 0 Å². The molecule has 0 saturated heterocycles. The number of benzene rings is 2. The van der Waals surface area contributed by atoms with Gasteiger partial charge in [-0.05, 0) is 36.8 Å². The summed E-state index contributed by atoms with van der Waals surface area (Å²) >= 11 is 0. The van der Waals surface area contributed by atoms with E-state index in [1.165, 1.54) is 6.07 Å². The number of unbranched alkanes of at least 4 members (excludes halogenated alkanes) is 1. The summed E-state index contributed by atoms with van der Waals surface area (Å²) < 4.78 is 5.58. The van der Waals surface area contributed by atoms with Crippen LogP contribution in [-0.4, -0.2) is 23.6 Å². The molecule has 0 radical (unpaired) electrons. The van der Waals surface area contributed by atoms with Gasteiger partial charge in [-0.15, -0.1) is 0 Å². The molecule has 0 fully saturated rings. The number of anilines is 1. The minimum absolute atomic E-state index is 0.0520. The molecule has 0 aliphatic rings. The lowest BCUT2D eigenvalue weighted by Crippen LogP contribution is -2.14. The molecular weight excluding hydrogens is 294 g/mol. The Balaban J connectivity index is 2.12. The topological polar surface area (TPSA) is 75.6 Å². The van der Waals surface area contributed by atoms with Crippen LogP contribution in [0, 0.1) is 0 Å². The lowest BCUT2D eigenvalue weighted by Gasteiger charge is -2.10. The van der Waals surface area contributed by atoms with Crippen molar-refractivity contribution in [1.82, 2.24) is 0 Å². The van der Waals surface area contributed by atoms with E-state index in [0.29, 0.717) is 17.9 Å². The molecule has 2 N–H and O–H groups in total. The molecule has 23 heavy (non-hydrogen) atoms. The van der Waals surface area contributed by atoms with E-state index in [9.17, 15) is 9.59 Å². The Morgan fingerprint density at radius 3 is 2.65 bits per heavy atom. The molecule has 2 rings (SSSR count). The van der Waals surface area contributed by atoms with Crippen molar-refractivity contribution >= 4 is 17.6 Å². The van der Waals surface area contributed by atoms with Gasteiger partial charge in [-0.2, -0.15) is 0 Å². The van der Waals surface area contributed by atoms with Gasteiger partial charge < -0.3 is 15.2 Å². The van der Waals surface area contributed by atoms with Crippen molar-refractivity contribution in [3.05, 3.63) is 59.7 Å².